The number of benzene rings is 1. The Bertz CT molecular complexity index is 939. The maximum Gasteiger partial charge on any atom is 0.243 e. The van der Waals surface area contributed by atoms with Gasteiger partial charge in [-0.1, -0.05) is 5.16 Å². The average Bonchev–Trinajstić information content (AvgIpc) is 3.25. The van der Waals surface area contributed by atoms with Gasteiger partial charge >= 0.3 is 0 Å². The topological polar surface area (TPSA) is 94.8 Å². The van der Waals surface area contributed by atoms with E-state index in [2.05, 4.69) is 10.1 Å². The molecular weight excluding hydrogens is 382 g/mol. The highest BCUT2D eigenvalue weighted by atomic mass is 32.2. The highest BCUT2D eigenvalue weighted by molar-refractivity contribution is 7.89. The largest absolute Gasteiger partial charge is 0.493 e. The van der Waals surface area contributed by atoms with Gasteiger partial charge in [0.05, 0.1) is 19.1 Å². The molecule has 0 bridgehead atoms. The molecule has 0 spiro atoms. The zero-order valence-corrected chi connectivity index (χ0v) is 16.9. The third-order valence-electron chi connectivity index (χ3n) is 5.40. The Morgan fingerprint density at radius 1 is 1.18 bits per heavy atom. The number of aromatic nitrogens is 2. The summed E-state index contributed by atoms with van der Waals surface area (Å²) in [4.78, 5) is 4.66. The van der Waals surface area contributed by atoms with Gasteiger partial charge in [-0.3, -0.25) is 0 Å². The molecule has 1 saturated heterocycles. The van der Waals surface area contributed by atoms with E-state index < -0.39 is 10.0 Å². The van der Waals surface area contributed by atoms with Crippen LogP contribution in [0.1, 0.15) is 49.7 Å². The van der Waals surface area contributed by atoms with E-state index in [1.54, 1.807) is 16.4 Å². The highest BCUT2D eigenvalue weighted by Crippen LogP contribution is 2.39. The van der Waals surface area contributed by atoms with E-state index in [0.717, 1.165) is 31.6 Å². The fraction of sp³-hybridized carbons (Fsp3) is 0.579. The summed E-state index contributed by atoms with van der Waals surface area (Å²) >= 11 is 0. The SMILES string of the molecule is COc1ccc(S(=O)(=O)N2CCCC2CCc2noc(C3CC3)n2)cc1OC. The minimum absolute atomic E-state index is 0.0685. The van der Waals surface area contributed by atoms with Crippen LogP contribution in [0.5, 0.6) is 11.5 Å². The molecule has 1 aliphatic heterocycles. The van der Waals surface area contributed by atoms with Crippen LogP contribution in [-0.2, 0) is 16.4 Å². The maximum atomic E-state index is 13.2. The summed E-state index contributed by atoms with van der Waals surface area (Å²) < 4.78 is 43.8. The standard InChI is InChI=1S/C19H25N3O5S/c1-25-16-9-8-15(12-17(16)26-2)28(23,24)22-11-3-4-14(22)7-10-18-20-19(27-21-18)13-5-6-13/h8-9,12-14H,3-7,10-11H2,1-2H3. The molecule has 152 valence electrons. The van der Waals surface area contributed by atoms with E-state index in [4.69, 9.17) is 14.0 Å². The molecule has 1 unspecified atom stereocenters. The van der Waals surface area contributed by atoms with Crippen molar-refractivity contribution in [3.8, 4) is 11.5 Å². The van der Waals surface area contributed by atoms with E-state index in [0.29, 0.717) is 42.6 Å². The van der Waals surface area contributed by atoms with Crippen LogP contribution in [0.2, 0.25) is 0 Å². The first-order chi connectivity index (χ1) is 13.5. The number of rotatable bonds is 8. The Morgan fingerprint density at radius 3 is 2.68 bits per heavy atom. The van der Waals surface area contributed by atoms with Gasteiger partial charge in [0.15, 0.2) is 17.3 Å². The quantitative estimate of drug-likeness (QED) is 0.664. The van der Waals surface area contributed by atoms with Gasteiger partial charge in [0.2, 0.25) is 15.9 Å². The van der Waals surface area contributed by atoms with Crippen LogP contribution in [0.3, 0.4) is 0 Å². The predicted octanol–water partition coefficient (Wildman–Crippen LogP) is 2.75. The number of hydrogen-bond donors (Lipinski definition) is 0. The summed E-state index contributed by atoms with van der Waals surface area (Å²) in [5.74, 6) is 2.71. The summed E-state index contributed by atoms with van der Waals surface area (Å²) in [5.41, 5.74) is 0. The number of hydrogen-bond acceptors (Lipinski definition) is 7. The van der Waals surface area contributed by atoms with Crippen LogP contribution in [0.25, 0.3) is 0 Å². The van der Waals surface area contributed by atoms with Gasteiger partial charge in [-0.15, -0.1) is 0 Å². The van der Waals surface area contributed by atoms with Gasteiger partial charge in [0, 0.05) is 31.0 Å². The maximum absolute atomic E-state index is 13.2. The van der Waals surface area contributed by atoms with Crippen LogP contribution in [0, 0.1) is 0 Å². The predicted molar refractivity (Wildman–Crippen MR) is 101 cm³/mol. The summed E-state index contributed by atoms with van der Waals surface area (Å²) in [7, 11) is -0.598. The zero-order chi connectivity index (χ0) is 19.7. The molecule has 9 heteroatoms. The van der Waals surface area contributed by atoms with Gasteiger partial charge in [0.25, 0.3) is 0 Å². The first-order valence-corrected chi connectivity index (χ1v) is 11.0. The first kappa shape index (κ1) is 19.2. The third-order valence-corrected chi connectivity index (χ3v) is 7.34. The summed E-state index contributed by atoms with van der Waals surface area (Å²) in [6.45, 7) is 0.515. The van der Waals surface area contributed by atoms with Crippen LogP contribution < -0.4 is 9.47 Å². The van der Waals surface area contributed by atoms with Crippen molar-refractivity contribution in [3.05, 3.63) is 29.9 Å². The van der Waals surface area contributed by atoms with Crippen molar-refractivity contribution in [2.75, 3.05) is 20.8 Å². The molecule has 2 heterocycles. The second-order valence-electron chi connectivity index (χ2n) is 7.29. The Balaban J connectivity index is 1.48. The van der Waals surface area contributed by atoms with Gasteiger partial charge in [-0.2, -0.15) is 9.29 Å². The summed E-state index contributed by atoms with van der Waals surface area (Å²) in [6.07, 6.45) is 5.19. The molecule has 4 rings (SSSR count). The number of methoxy groups -OCH3 is 2. The van der Waals surface area contributed by atoms with E-state index in [1.165, 1.54) is 20.3 Å². The summed E-state index contributed by atoms with van der Waals surface area (Å²) in [6, 6.07) is 4.63. The van der Waals surface area contributed by atoms with Crippen molar-refractivity contribution in [2.45, 2.75) is 55.4 Å². The number of nitrogens with zero attached hydrogens (tertiary/aromatic N) is 3. The van der Waals surface area contributed by atoms with Crippen LogP contribution in [0.4, 0.5) is 0 Å². The minimum Gasteiger partial charge on any atom is -0.493 e. The molecule has 1 aromatic heterocycles. The monoisotopic (exact) mass is 407 g/mol. The summed E-state index contributed by atoms with van der Waals surface area (Å²) in [5, 5.41) is 4.04. The molecule has 8 nitrogen and oxygen atoms in total. The Kier molecular flexibility index (Phi) is 5.29. The van der Waals surface area contributed by atoms with Crippen molar-refractivity contribution >= 4 is 10.0 Å². The van der Waals surface area contributed by atoms with Crippen molar-refractivity contribution < 1.29 is 22.4 Å². The van der Waals surface area contributed by atoms with Crippen molar-refractivity contribution in [2.24, 2.45) is 0 Å². The fourth-order valence-electron chi connectivity index (χ4n) is 3.69. The molecule has 1 aliphatic carbocycles. The Labute approximate surface area is 164 Å². The number of sulfonamides is 1. The third kappa shape index (κ3) is 3.73. The van der Waals surface area contributed by atoms with Gasteiger partial charge in [-0.05, 0) is 44.2 Å². The molecule has 1 saturated carbocycles. The zero-order valence-electron chi connectivity index (χ0n) is 16.1. The van der Waals surface area contributed by atoms with Gasteiger partial charge in [0.1, 0.15) is 0 Å². The minimum atomic E-state index is -3.61. The first-order valence-electron chi connectivity index (χ1n) is 9.59. The molecule has 1 aromatic carbocycles. The average molecular weight is 407 g/mol. The normalized spacial score (nSPS) is 20.4. The van der Waals surface area contributed by atoms with Crippen molar-refractivity contribution in [1.29, 1.82) is 0 Å². The fourth-order valence-corrected chi connectivity index (χ4v) is 5.43. The van der Waals surface area contributed by atoms with Crippen LogP contribution >= 0.6 is 0 Å². The molecule has 28 heavy (non-hydrogen) atoms. The van der Waals surface area contributed by atoms with Gasteiger partial charge in [-0.25, -0.2) is 8.42 Å². The van der Waals surface area contributed by atoms with E-state index in [-0.39, 0.29) is 10.9 Å². The lowest BCUT2D eigenvalue weighted by Gasteiger charge is -2.24. The van der Waals surface area contributed by atoms with Crippen molar-refractivity contribution in [3.63, 3.8) is 0 Å². The lowest BCUT2D eigenvalue weighted by atomic mass is 10.1. The van der Waals surface area contributed by atoms with Crippen LogP contribution in [-0.4, -0.2) is 49.7 Å². The van der Waals surface area contributed by atoms with E-state index in [9.17, 15) is 8.42 Å². The second kappa shape index (κ2) is 7.71. The Hall–Kier alpha value is -2.13. The van der Waals surface area contributed by atoms with E-state index >= 15 is 0 Å². The molecule has 2 fully saturated rings. The lowest BCUT2D eigenvalue weighted by molar-refractivity contribution is 0.351. The molecule has 2 aliphatic rings. The molecule has 0 radical (unpaired) electrons. The lowest BCUT2D eigenvalue weighted by Crippen LogP contribution is -2.35. The highest BCUT2D eigenvalue weighted by Gasteiger charge is 2.36. The number of ether oxygens (including phenoxy) is 2. The number of aryl methyl sites for hydroxylation is 1. The molecule has 0 amide bonds. The molecule has 0 N–H and O–H groups in total. The second-order valence-corrected chi connectivity index (χ2v) is 9.18. The van der Waals surface area contributed by atoms with Crippen molar-refractivity contribution in [1.82, 2.24) is 14.4 Å². The molecule has 2 aromatic rings. The van der Waals surface area contributed by atoms with Crippen LogP contribution in [0.15, 0.2) is 27.6 Å². The Morgan fingerprint density at radius 2 is 1.96 bits per heavy atom. The molecule has 1 atom stereocenters. The molecular formula is C19H25N3O5S. The smallest absolute Gasteiger partial charge is 0.243 e. The van der Waals surface area contributed by atoms with E-state index in [1.807, 2.05) is 0 Å². The van der Waals surface area contributed by atoms with Gasteiger partial charge < -0.3 is 14.0 Å².